The molecule has 1 amide bonds. The first-order valence-electron chi connectivity index (χ1n) is 9.89. The number of amides is 1. The van der Waals surface area contributed by atoms with Gasteiger partial charge in [0.1, 0.15) is 12.4 Å². The SMILES string of the molecule is O=C(N/N=C\c1cccnc1)c1ccc(COc2ccccc2-c2ccccc2)cc1. The van der Waals surface area contributed by atoms with E-state index in [1.807, 2.05) is 66.7 Å². The Morgan fingerprint density at radius 1 is 0.903 bits per heavy atom. The highest BCUT2D eigenvalue weighted by Gasteiger charge is 2.07. The first-order valence-corrected chi connectivity index (χ1v) is 9.89. The van der Waals surface area contributed by atoms with Crippen LogP contribution in [0.1, 0.15) is 21.5 Å². The molecule has 5 heteroatoms. The van der Waals surface area contributed by atoms with Crippen molar-refractivity contribution in [1.82, 2.24) is 10.4 Å². The smallest absolute Gasteiger partial charge is 0.271 e. The van der Waals surface area contributed by atoms with Gasteiger partial charge in [0.15, 0.2) is 0 Å². The highest BCUT2D eigenvalue weighted by molar-refractivity contribution is 5.94. The van der Waals surface area contributed by atoms with E-state index < -0.39 is 0 Å². The molecule has 0 atom stereocenters. The molecule has 0 saturated carbocycles. The minimum absolute atomic E-state index is 0.276. The Hall–Kier alpha value is -4.25. The van der Waals surface area contributed by atoms with Gasteiger partial charge in [0.25, 0.3) is 5.91 Å². The number of para-hydroxylation sites is 1. The third-order valence-electron chi connectivity index (χ3n) is 4.65. The summed E-state index contributed by atoms with van der Waals surface area (Å²) in [5, 5.41) is 3.97. The molecular formula is C26H21N3O2. The van der Waals surface area contributed by atoms with Gasteiger partial charge >= 0.3 is 0 Å². The van der Waals surface area contributed by atoms with Crippen LogP contribution in [0.15, 0.2) is 108 Å². The number of aromatic nitrogens is 1. The zero-order valence-electron chi connectivity index (χ0n) is 16.8. The molecule has 5 nitrogen and oxygen atoms in total. The van der Waals surface area contributed by atoms with Crippen LogP contribution in [0.2, 0.25) is 0 Å². The van der Waals surface area contributed by atoms with Crippen LogP contribution in [-0.2, 0) is 6.61 Å². The first kappa shape index (κ1) is 20.0. The van der Waals surface area contributed by atoms with Crippen LogP contribution >= 0.6 is 0 Å². The molecule has 0 aliphatic carbocycles. The van der Waals surface area contributed by atoms with E-state index >= 15 is 0 Å². The predicted octanol–water partition coefficient (Wildman–Crippen LogP) is 5.09. The van der Waals surface area contributed by atoms with Crippen LogP contribution in [0.25, 0.3) is 11.1 Å². The van der Waals surface area contributed by atoms with Crippen LogP contribution in [0.5, 0.6) is 5.75 Å². The maximum atomic E-state index is 12.3. The highest BCUT2D eigenvalue weighted by atomic mass is 16.5. The summed E-state index contributed by atoms with van der Waals surface area (Å²) in [6.45, 7) is 0.408. The number of nitrogens with one attached hydrogen (secondary N) is 1. The van der Waals surface area contributed by atoms with E-state index in [0.29, 0.717) is 12.2 Å². The second kappa shape index (κ2) is 9.98. The van der Waals surface area contributed by atoms with Gasteiger partial charge in [-0.1, -0.05) is 66.7 Å². The van der Waals surface area contributed by atoms with E-state index in [1.165, 1.54) is 0 Å². The van der Waals surface area contributed by atoms with Crippen molar-refractivity contribution in [2.45, 2.75) is 6.61 Å². The average molecular weight is 407 g/mol. The molecule has 1 N–H and O–H groups in total. The molecule has 3 aromatic carbocycles. The Labute approximate surface area is 181 Å². The highest BCUT2D eigenvalue weighted by Crippen LogP contribution is 2.30. The van der Waals surface area contributed by atoms with Crippen molar-refractivity contribution in [1.29, 1.82) is 0 Å². The van der Waals surface area contributed by atoms with Crippen molar-refractivity contribution >= 4 is 12.1 Å². The molecule has 4 aromatic rings. The third-order valence-corrected chi connectivity index (χ3v) is 4.65. The molecule has 0 bridgehead atoms. The maximum Gasteiger partial charge on any atom is 0.271 e. The number of rotatable bonds is 7. The first-order chi connectivity index (χ1) is 15.3. The van der Waals surface area contributed by atoms with Crippen molar-refractivity contribution in [3.8, 4) is 16.9 Å². The van der Waals surface area contributed by atoms with Crippen LogP contribution in [0.4, 0.5) is 0 Å². The normalized spacial score (nSPS) is 10.7. The van der Waals surface area contributed by atoms with Gasteiger partial charge in [-0.25, -0.2) is 5.43 Å². The number of ether oxygens (including phenoxy) is 1. The quantitative estimate of drug-likeness (QED) is 0.343. The number of hydrogen-bond acceptors (Lipinski definition) is 4. The number of pyridine rings is 1. The lowest BCUT2D eigenvalue weighted by Crippen LogP contribution is -2.17. The predicted molar refractivity (Wildman–Crippen MR) is 122 cm³/mol. The van der Waals surface area contributed by atoms with Crippen molar-refractivity contribution < 1.29 is 9.53 Å². The summed E-state index contributed by atoms with van der Waals surface area (Å²) in [7, 11) is 0. The fourth-order valence-corrected chi connectivity index (χ4v) is 3.04. The average Bonchev–Trinajstić information content (AvgIpc) is 2.84. The maximum absolute atomic E-state index is 12.3. The summed E-state index contributed by atoms with van der Waals surface area (Å²) in [6.07, 6.45) is 4.90. The van der Waals surface area contributed by atoms with Crippen molar-refractivity contribution in [3.05, 3.63) is 120 Å². The summed E-state index contributed by atoms with van der Waals surface area (Å²) in [4.78, 5) is 16.3. The van der Waals surface area contributed by atoms with Gasteiger partial charge in [0.2, 0.25) is 0 Å². The molecule has 0 aliphatic rings. The van der Waals surface area contributed by atoms with Crippen molar-refractivity contribution in [2.75, 3.05) is 0 Å². The summed E-state index contributed by atoms with van der Waals surface area (Å²) in [6, 6.07) is 29.1. The van der Waals surface area contributed by atoms with E-state index in [0.717, 1.165) is 28.0 Å². The standard InChI is InChI=1S/C26H21N3O2/c30-26(29-28-18-21-7-6-16-27-17-21)23-14-12-20(13-15-23)19-31-25-11-5-4-10-24(25)22-8-2-1-3-9-22/h1-18H,19H2,(H,29,30)/b28-18-. The lowest BCUT2D eigenvalue weighted by Gasteiger charge is -2.12. The topological polar surface area (TPSA) is 63.6 Å². The molecule has 152 valence electrons. The lowest BCUT2D eigenvalue weighted by molar-refractivity contribution is 0.0955. The van der Waals surface area contributed by atoms with Crippen molar-refractivity contribution in [3.63, 3.8) is 0 Å². The van der Waals surface area contributed by atoms with E-state index in [-0.39, 0.29) is 5.91 Å². The van der Waals surface area contributed by atoms with E-state index in [1.54, 1.807) is 30.7 Å². The lowest BCUT2D eigenvalue weighted by atomic mass is 10.0. The molecule has 0 unspecified atom stereocenters. The summed E-state index contributed by atoms with van der Waals surface area (Å²) in [5.41, 5.74) is 6.98. The summed E-state index contributed by atoms with van der Waals surface area (Å²) in [5.74, 6) is 0.544. The second-order valence-corrected chi connectivity index (χ2v) is 6.83. The van der Waals surface area contributed by atoms with Gasteiger partial charge < -0.3 is 4.74 Å². The number of carbonyl (C=O) groups is 1. The van der Waals surface area contributed by atoms with Crippen LogP contribution in [0.3, 0.4) is 0 Å². The molecule has 0 aliphatic heterocycles. The van der Waals surface area contributed by atoms with Gasteiger partial charge in [-0.15, -0.1) is 0 Å². The van der Waals surface area contributed by atoms with Gasteiger partial charge in [0.05, 0.1) is 6.21 Å². The molecular weight excluding hydrogens is 386 g/mol. The minimum atomic E-state index is -0.276. The van der Waals surface area contributed by atoms with E-state index in [9.17, 15) is 4.79 Å². The van der Waals surface area contributed by atoms with E-state index in [4.69, 9.17) is 4.74 Å². The largest absolute Gasteiger partial charge is 0.488 e. The van der Waals surface area contributed by atoms with Gasteiger partial charge in [0, 0.05) is 29.1 Å². The Kier molecular flexibility index (Phi) is 6.45. The number of hydrazone groups is 1. The zero-order chi connectivity index (χ0) is 21.3. The molecule has 0 spiro atoms. The number of hydrogen-bond donors (Lipinski definition) is 1. The number of carbonyl (C=O) groups excluding carboxylic acids is 1. The Morgan fingerprint density at radius 3 is 2.45 bits per heavy atom. The molecule has 0 fully saturated rings. The molecule has 0 saturated heterocycles. The van der Waals surface area contributed by atoms with Gasteiger partial charge in [-0.05, 0) is 35.4 Å². The van der Waals surface area contributed by atoms with Crippen LogP contribution in [-0.4, -0.2) is 17.1 Å². The minimum Gasteiger partial charge on any atom is -0.488 e. The van der Waals surface area contributed by atoms with E-state index in [2.05, 4.69) is 27.6 Å². The molecule has 1 aromatic heterocycles. The second-order valence-electron chi connectivity index (χ2n) is 6.83. The summed E-state index contributed by atoms with van der Waals surface area (Å²) >= 11 is 0. The Balaban J connectivity index is 1.36. The number of benzene rings is 3. The van der Waals surface area contributed by atoms with Crippen LogP contribution in [0, 0.1) is 0 Å². The monoisotopic (exact) mass is 407 g/mol. The van der Waals surface area contributed by atoms with Crippen molar-refractivity contribution in [2.24, 2.45) is 5.10 Å². The third kappa shape index (κ3) is 5.42. The molecule has 1 heterocycles. The molecule has 0 radical (unpaired) electrons. The Morgan fingerprint density at radius 2 is 1.68 bits per heavy atom. The summed E-state index contributed by atoms with van der Waals surface area (Å²) < 4.78 is 6.06. The number of nitrogens with zero attached hydrogens (tertiary/aromatic N) is 2. The Bertz CT molecular complexity index is 1160. The molecule has 31 heavy (non-hydrogen) atoms. The van der Waals surface area contributed by atoms with Crippen LogP contribution < -0.4 is 10.2 Å². The van der Waals surface area contributed by atoms with Gasteiger partial charge in [-0.3, -0.25) is 9.78 Å². The molecule has 4 rings (SSSR count). The fourth-order valence-electron chi connectivity index (χ4n) is 3.04. The van der Waals surface area contributed by atoms with Gasteiger partial charge in [-0.2, -0.15) is 5.10 Å². The fraction of sp³-hybridized carbons (Fsp3) is 0.0385. The zero-order valence-corrected chi connectivity index (χ0v) is 16.8.